The van der Waals surface area contributed by atoms with Crippen molar-refractivity contribution in [2.24, 2.45) is 0 Å². The molecule has 2 aromatic carbocycles. The molecule has 0 saturated carbocycles. The van der Waals surface area contributed by atoms with Crippen LogP contribution in [0.25, 0.3) is 11.1 Å². The van der Waals surface area contributed by atoms with E-state index >= 15 is 0 Å². The zero-order valence-corrected chi connectivity index (χ0v) is 31.4. The van der Waals surface area contributed by atoms with Gasteiger partial charge in [0.1, 0.15) is 0 Å². The summed E-state index contributed by atoms with van der Waals surface area (Å²) >= 11 is -4.71. The molecule has 2 unspecified atom stereocenters. The maximum atomic E-state index is 8.56. The summed E-state index contributed by atoms with van der Waals surface area (Å²) in [7, 11) is 17.1. The molecule has 0 nitrogen and oxygen atoms in total. The Kier molecular flexibility index (Phi) is 7.48. The molecule has 0 N–H and O–H groups in total. The third kappa shape index (κ3) is 4.13. The molecule has 0 heterocycles. The Morgan fingerprint density at radius 1 is 0.605 bits per heavy atom. The van der Waals surface area contributed by atoms with Crippen molar-refractivity contribution in [3.63, 3.8) is 0 Å². The van der Waals surface area contributed by atoms with Gasteiger partial charge in [0, 0.05) is 0 Å². The van der Waals surface area contributed by atoms with Crippen molar-refractivity contribution in [2.45, 2.75) is 114 Å². The van der Waals surface area contributed by atoms with Crippen molar-refractivity contribution < 1.29 is 15.6 Å². The Hall–Kier alpha value is -0.400. The second-order valence-electron chi connectivity index (χ2n) is 14.8. The Balaban J connectivity index is 2.15. The first-order chi connectivity index (χ1) is 17.2. The van der Waals surface area contributed by atoms with Crippen LogP contribution in [0.1, 0.15) is 121 Å². The fourth-order valence-corrected chi connectivity index (χ4v) is 40.8. The molecule has 0 amide bonds. The van der Waals surface area contributed by atoms with Gasteiger partial charge in [-0.25, -0.2) is 0 Å². The van der Waals surface area contributed by atoms with Crippen molar-refractivity contribution in [1.29, 1.82) is 0 Å². The molecule has 4 heteroatoms. The fraction of sp³-hybridized carbons (Fsp3) is 0.529. The van der Waals surface area contributed by atoms with E-state index < -0.39 is 21.5 Å². The number of rotatable bonds is 3. The van der Waals surface area contributed by atoms with Gasteiger partial charge in [-0.05, 0) is 0 Å². The number of benzene rings is 2. The summed E-state index contributed by atoms with van der Waals surface area (Å²) in [6.45, 7) is 32.8. The molecule has 0 bridgehead atoms. The standard InChI is InChI=1S/2C16H21.C2H7Si.2ClH.Zr/c2*1-10-7-8-14(16(4,5)6)15-12(3)11(2)9-13(10)15;1-3-2;;;/h2*7-9H,1-6H3;3H,1-2H3;2*1H;/q;;;;;+2/p-2. The zero-order chi connectivity index (χ0) is 28.9. The minimum atomic E-state index is -4.71. The molecule has 2 aromatic rings. The van der Waals surface area contributed by atoms with E-state index in [1.54, 1.807) is 0 Å². The summed E-state index contributed by atoms with van der Waals surface area (Å²) < 4.78 is 0.306. The summed E-state index contributed by atoms with van der Waals surface area (Å²) in [5.74, 6) is -1.56. The van der Waals surface area contributed by atoms with Crippen LogP contribution in [-0.4, -0.2) is 5.92 Å². The fourth-order valence-electron chi connectivity index (χ4n) is 7.72. The molecule has 4 rings (SSSR count). The predicted octanol–water partition coefficient (Wildman–Crippen LogP) is 11.3. The molecule has 0 aromatic heterocycles. The molecular formula is C34H49Cl2SiZr. The van der Waals surface area contributed by atoms with E-state index in [9.17, 15) is 0 Å². The second-order valence-corrected chi connectivity index (χ2v) is 57.3. The molecule has 0 radical (unpaired) electrons. The summed E-state index contributed by atoms with van der Waals surface area (Å²) in [5.41, 5.74) is 17.1. The molecule has 0 saturated heterocycles. The van der Waals surface area contributed by atoms with Crippen molar-refractivity contribution in [1.82, 2.24) is 0 Å². The molecule has 2 atom stereocenters. The van der Waals surface area contributed by atoms with Crippen LogP contribution < -0.4 is 0 Å². The normalized spacial score (nSPS) is 21.2. The average Bonchev–Trinajstić information content (AvgIpc) is 3.20. The van der Waals surface area contributed by atoms with Crippen molar-refractivity contribution in [3.05, 3.63) is 79.9 Å². The van der Waals surface area contributed by atoms with Crippen LogP contribution in [0.4, 0.5) is 0 Å². The van der Waals surface area contributed by atoms with Crippen LogP contribution in [0, 0.1) is 13.8 Å². The Bertz CT molecular complexity index is 1310. The van der Waals surface area contributed by atoms with Gasteiger partial charge in [-0.3, -0.25) is 0 Å². The van der Waals surface area contributed by atoms with Crippen LogP contribution >= 0.6 is 17.0 Å². The molecule has 2 aliphatic rings. The summed E-state index contributed by atoms with van der Waals surface area (Å²) in [6.07, 6.45) is 0. The van der Waals surface area contributed by atoms with E-state index in [2.05, 4.69) is 120 Å². The van der Waals surface area contributed by atoms with Crippen LogP contribution in [0.3, 0.4) is 0 Å². The van der Waals surface area contributed by atoms with Crippen LogP contribution in [-0.2, 0) is 26.4 Å². The summed E-state index contributed by atoms with van der Waals surface area (Å²) in [5, 5.41) is 0. The average molecular weight is 648 g/mol. The molecule has 2 aliphatic carbocycles. The van der Waals surface area contributed by atoms with Crippen molar-refractivity contribution >= 4 is 34.1 Å². The van der Waals surface area contributed by atoms with Crippen LogP contribution in [0.5, 0.6) is 0 Å². The molecule has 0 fully saturated rings. The van der Waals surface area contributed by atoms with Gasteiger partial charge in [0.25, 0.3) is 0 Å². The Morgan fingerprint density at radius 2 is 0.921 bits per heavy atom. The van der Waals surface area contributed by atoms with Crippen LogP contribution in [0.2, 0.25) is 13.1 Å². The monoisotopic (exact) mass is 645 g/mol. The maximum absolute atomic E-state index is 8.56. The van der Waals surface area contributed by atoms with Crippen molar-refractivity contribution in [3.8, 4) is 0 Å². The number of hydrogen-bond acceptors (Lipinski definition) is 0. The third-order valence-corrected chi connectivity index (χ3v) is 62.2. The second kappa shape index (κ2) is 9.31. The van der Waals surface area contributed by atoms with E-state index in [0.29, 0.717) is 0 Å². The van der Waals surface area contributed by atoms with Gasteiger partial charge >= 0.3 is 244 Å². The first kappa shape index (κ1) is 30.6. The van der Waals surface area contributed by atoms with E-state index in [4.69, 9.17) is 17.0 Å². The minimum absolute atomic E-state index is 0.0535. The molecule has 207 valence electrons. The number of aryl methyl sites for hydroxylation is 2. The number of hydrogen-bond donors (Lipinski definition) is 0. The summed E-state index contributed by atoms with van der Waals surface area (Å²) in [6, 6.07) is 9.38. The number of allylic oxidation sites excluding steroid dienone is 4. The van der Waals surface area contributed by atoms with Gasteiger partial charge in [0.05, 0.1) is 0 Å². The van der Waals surface area contributed by atoms with Gasteiger partial charge in [0.15, 0.2) is 0 Å². The first-order valence-corrected chi connectivity index (χ1v) is 30.7. The van der Waals surface area contributed by atoms with E-state index in [0.717, 1.165) is 0 Å². The van der Waals surface area contributed by atoms with E-state index in [-0.39, 0.29) is 18.1 Å². The SMILES string of the molecule is CC1=C(C)[CH]([Zr]([Cl])([Cl])([CH]2C(C)=C(C)c3c(C(C)(C)C)ccc(C)c32)[SiH](C)C)c2c(C)ccc(C(C)(C)C)c21. The molecular weight excluding hydrogens is 599 g/mol. The molecule has 0 aliphatic heterocycles. The number of halogens is 2. The quantitative estimate of drug-likeness (QED) is 0.291. The van der Waals surface area contributed by atoms with Crippen LogP contribution in [0.15, 0.2) is 35.4 Å². The van der Waals surface area contributed by atoms with Gasteiger partial charge in [-0.1, -0.05) is 0 Å². The zero-order valence-electron chi connectivity index (χ0n) is 26.3. The molecule has 38 heavy (non-hydrogen) atoms. The topological polar surface area (TPSA) is 0 Å². The van der Waals surface area contributed by atoms with E-state index in [1.807, 2.05) is 0 Å². The Morgan fingerprint density at radius 3 is 1.18 bits per heavy atom. The number of fused-ring (bicyclic) bond motifs is 2. The van der Waals surface area contributed by atoms with Gasteiger partial charge < -0.3 is 0 Å². The van der Waals surface area contributed by atoms with Gasteiger partial charge in [-0.15, -0.1) is 0 Å². The predicted molar refractivity (Wildman–Crippen MR) is 172 cm³/mol. The van der Waals surface area contributed by atoms with Gasteiger partial charge in [0.2, 0.25) is 0 Å². The summed E-state index contributed by atoms with van der Waals surface area (Å²) in [4.78, 5) is 0. The van der Waals surface area contributed by atoms with Crippen molar-refractivity contribution in [2.75, 3.05) is 0 Å². The van der Waals surface area contributed by atoms with E-state index in [1.165, 1.54) is 66.8 Å². The molecule has 0 spiro atoms. The van der Waals surface area contributed by atoms with Gasteiger partial charge in [-0.2, -0.15) is 0 Å². The third-order valence-electron chi connectivity index (χ3n) is 10.1. The first-order valence-electron chi connectivity index (χ1n) is 14.4. The Labute approximate surface area is 242 Å².